The number of carboxylic acid groups (broad SMARTS) is 1. The molecule has 2 atom stereocenters. The summed E-state index contributed by atoms with van der Waals surface area (Å²) in [6, 6.07) is 4.67. The van der Waals surface area contributed by atoms with E-state index < -0.39 is 11.4 Å². The first kappa shape index (κ1) is 15.9. The molecule has 2 amide bonds. The predicted molar refractivity (Wildman–Crippen MR) is 86.0 cm³/mol. The van der Waals surface area contributed by atoms with Crippen LogP contribution >= 0.6 is 11.6 Å². The molecule has 1 aromatic rings. The smallest absolute Gasteiger partial charge is 0.321 e. The van der Waals surface area contributed by atoms with Gasteiger partial charge in [0.25, 0.3) is 0 Å². The highest BCUT2D eigenvalue weighted by molar-refractivity contribution is 6.33. The number of urea groups is 1. The summed E-state index contributed by atoms with van der Waals surface area (Å²) in [5.41, 5.74) is -0.326. The van der Waals surface area contributed by atoms with Gasteiger partial charge in [0.2, 0.25) is 0 Å². The van der Waals surface area contributed by atoms with E-state index in [4.69, 9.17) is 16.3 Å². The van der Waals surface area contributed by atoms with Gasteiger partial charge < -0.3 is 20.1 Å². The number of carbonyl (C=O) groups is 2. The fourth-order valence-corrected chi connectivity index (χ4v) is 3.88. The number of amides is 2. The van der Waals surface area contributed by atoms with Crippen LogP contribution in [-0.4, -0.2) is 42.2 Å². The third-order valence-electron chi connectivity index (χ3n) is 5.00. The zero-order valence-corrected chi connectivity index (χ0v) is 13.6. The molecular weight excluding hydrogens is 320 g/mol. The number of hydrogen-bond acceptors (Lipinski definition) is 3. The lowest BCUT2D eigenvalue weighted by Gasteiger charge is -2.23. The van der Waals surface area contributed by atoms with E-state index in [9.17, 15) is 14.7 Å². The van der Waals surface area contributed by atoms with E-state index in [0.717, 1.165) is 12.8 Å². The number of anilines is 1. The number of rotatable bonds is 3. The molecule has 1 heterocycles. The number of likely N-dealkylation sites (tertiary alicyclic amines) is 1. The number of methoxy groups -OCH3 is 1. The topological polar surface area (TPSA) is 78.9 Å². The number of carbonyl (C=O) groups excluding carboxylic acids is 1. The predicted octanol–water partition coefficient (Wildman–Crippen LogP) is 3.07. The van der Waals surface area contributed by atoms with Crippen LogP contribution in [0.5, 0.6) is 5.75 Å². The van der Waals surface area contributed by atoms with Crippen LogP contribution in [-0.2, 0) is 4.79 Å². The Morgan fingerprint density at radius 3 is 2.91 bits per heavy atom. The largest absolute Gasteiger partial charge is 0.497 e. The third-order valence-corrected chi connectivity index (χ3v) is 5.33. The van der Waals surface area contributed by atoms with Crippen LogP contribution in [0.2, 0.25) is 5.02 Å². The zero-order valence-electron chi connectivity index (χ0n) is 12.8. The molecule has 1 saturated heterocycles. The maximum Gasteiger partial charge on any atom is 0.321 e. The van der Waals surface area contributed by atoms with Gasteiger partial charge in [-0.05, 0) is 30.9 Å². The zero-order chi connectivity index (χ0) is 16.6. The standard InChI is InChI=1S/C16H19ClN2O4/c1-23-11-4-5-12(17)13(7-11)18-15(22)19-8-10-3-2-6-16(10,9-19)14(20)21/h4-5,7,10H,2-3,6,8-9H2,1H3,(H,18,22)(H,20,21)/t10-,16+/m0/s1. The monoisotopic (exact) mass is 338 g/mol. The fourth-order valence-electron chi connectivity index (χ4n) is 3.71. The summed E-state index contributed by atoms with van der Waals surface area (Å²) in [5.74, 6) is -0.175. The molecule has 3 rings (SSSR count). The second-order valence-corrected chi connectivity index (χ2v) is 6.61. The van der Waals surface area contributed by atoms with Crippen LogP contribution in [0.3, 0.4) is 0 Å². The van der Waals surface area contributed by atoms with Crippen LogP contribution in [0.25, 0.3) is 0 Å². The molecule has 0 radical (unpaired) electrons. The van der Waals surface area contributed by atoms with Crippen molar-refractivity contribution in [1.29, 1.82) is 0 Å². The van der Waals surface area contributed by atoms with Crippen LogP contribution in [0.4, 0.5) is 10.5 Å². The Kier molecular flexibility index (Phi) is 4.10. The molecule has 0 aromatic heterocycles. The molecule has 0 spiro atoms. The van der Waals surface area contributed by atoms with Gasteiger partial charge in [-0.15, -0.1) is 0 Å². The highest BCUT2D eigenvalue weighted by Gasteiger charge is 2.55. The van der Waals surface area contributed by atoms with Crippen LogP contribution in [0.15, 0.2) is 18.2 Å². The van der Waals surface area contributed by atoms with Crippen molar-refractivity contribution in [3.05, 3.63) is 23.2 Å². The second kappa shape index (κ2) is 5.92. The number of nitrogens with zero attached hydrogens (tertiary/aromatic N) is 1. The molecule has 0 bridgehead atoms. The Morgan fingerprint density at radius 2 is 2.26 bits per heavy atom. The first-order valence-electron chi connectivity index (χ1n) is 7.59. The molecule has 1 saturated carbocycles. The highest BCUT2D eigenvalue weighted by atomic mass is 35.5. The summed E-state index contributed by atoms with van der Waals surface area (Å²) in [6.07, 6.45) is 2.40. The van der Waals surface area contributed by atoms with Crippen molar-refractivity contribution in [3.8, 4) is 5.75 Å². The number of hydrogen-bond donors (Lipinski definition) is 2. The average molecular weight is 339 g/mol. The van der Waals surface area contributed by atoms with E-state index in [-0.39, 0.29) is 18.5 Å². The molecule has 1 aliphatic heterocycles. The molecule has 2 N–H and O–H groups in total. The van der Waals surface area contributed by atoms with Crippen molar-refractivity contribution >= 4 is 29.3 Å². The lowest BCUT2D eigenvalue weighted by Crippen LogP contribution is -2.38. The van der Waals surface area contributed by atoms with Gasteiger partial charge in [0, 0.05) is 19.2 Å². The van der Waals surface area contributed by atoms with Crippen molar-refractivity contribution in [2.75, 3.05) is 25.5 Å². The average Bonchev–Trinajstić information content (AvgIpc) is 3.07. The van der Waals surface area contributed by atoms with Gasteiger partial charge in [0.15, 0.2) is 0 Å². The van der Waals surface area contributed by atoms with Crippen molar-refractivity contribution in [2.45, 2.75) is 19.3 Å². The molecule has 0 unspecified atom stereocenters. The second-order valence-electron chi connectivity index (χ2n) is 6.21. The van der Waals surface area contributed by atoms with Gasteiger partial charge in [-0.2, -0.15) is 0 Å². The first-order chi connectivity index (χ1) is 11.0. The quantitative estimate of drug-likeness (QED) is 0.887. The van der Waals surface area contributed by atoms with Crippen molar-refractivity contribution in [3.63, 3.8) is 0 Å². The van der Waals surface area contributed by atoms with E-state index in [1.807, 2.05) is 0 Å². The van der Waals surface area contributed by atoms with Crippen LogP contribution < -0.4 is 10.1 Å². The molecule has 6 nitrogen and oxygen atoms in total. The van der Waals surface area contributed by atoms with E-state index in [1.165, 1.54) is 7.11 Å². The van der Waals surface area contributed by atoms with Gasteiger partial charge in [-0.25, -0.2) is 4.79 Å². The summed E-state index contributed by atoms with van der Waals surface area (Å²) in [6.45, 7) is 0.722. The lowest BCUT2D eigenvalue weighted by atomic mass is 9.81. The van der Waals surface area contributed by atoms with Gasteiger partial charge >= 0.3 is 12.0 Å². The summed E-state index contributed by atoms with van der Waals surface area (Å²) in [7, 11) is 1.53. The molecule has 7 heteroatoms. The number of nitrogens with one attached hydrogen (secondary N) is 1. The van der Waals surface area contributed by atoms with E-state index >= 15 is 0 Å². The maximum absolute atomic E-state index is 12.5. The molecule has 2 fully saturated rings. The normalized spacial score (nSPS) is 26.0. The number of aliphatic carboxylic acids is 1. The SMILES string of the molecule is COc1ccc(Cl)c(NC(=O)N2C[C@@H]3CCC[C@@]3(C(=O)O)C2)c1. The summed E-state index contributed by atoms with van der Waals surface area (Å²) >= 11 is 6.09. The Labute approximate surface area is 139 Å². The Morgan fingerprint density at radius 1 is 1.48 bits per heavy atom. The summed E-state index contributed by atoms with van der Waals surface area (Å²) in [5, 5.41) is 12.7. The van der Waals surface area contributed by atoms with E-state index in [1.54, 1.807) is 23.1 Å². The number of benzene rings is 1. The number of ether oxygens (including phenoxy) is 1. The summed E-state index contributed by atoms with van der Waals surface area (Å²) < 4.78 is 5.12. The first-order valence-corrected chi connectivity index (χ1v) is 7.97. The molecule has 2 aliphatic rings. The maximum atomic E-state index is 12.5. The third kappa shape index (κ3) is 2.72. The Balaban J connectivity index is 1.74. The van der Waals surface area contributed by atoms with Gasteiger partial charge in [0.05, 0.1) is 23.2 Å². The molecule has 1 aliphatic carbocycles. The molecule has 124 valence electrons. The lowest BCUT2D eigenvalue weighted by molar-refractivity contribution is -0.149. The van der Waals surface area contributed by atoms with Crippen molar-refractivity contribution < 1.29 is 19.4 Å². The summed E-state index contributed by atoms with van der Waals surface area (Å²) in [4.78, 5) is 25.7. The van der Waals surface area contributed by atoms with Crippen molar-refractivity contribution in [2.24, 2.45) is 11.3 Å². The highest BCUT2D eigenvalue weighted by Crippen LogP contribution is 2.49. The molecule has 23 heavy (non-hydrogen) atoms. The van der Waals surface area contributed by atoms with Crippen LogP contribution in [0, 0.1) is 11.3 Å². The van der Waals surface area contributed by atoms with Gasteiger partial charge in [-0.3, -0.25) is 4.79 Å². The number of fused-ring (bicyclic) bond motifs is 1. The number of carboxylic acids is 1. The van der Waals surface area contributed by atoms with Crippen LogP contribution in [0.1, 0.15) is 19.3 Å². The molecule has 1 aromatic carbocycles. The fraction of sp³-hybridized carbons (Fsp3) is 0.500. The van der Waals surface area contributed by atoms with E-state index in [2.05, 4.69) is 5.32 Å². The minimum Gasteiger partial charge on any atom is -0.497 e. The Hall–Kier alpha value is -1.95. The minimum atomic E-state index is -0.797. The Bertz CT molecular complexity index is 651. The minimum absolute atomic E-state index is 0.0338. The van der Waals surface area contributed by atoms with Crippen molar-refractivity contribution in [1.82, 2.24) is 4.90 Å². The van der Waals surface area contributed by atoms with E-state index in [0.29, 0.717) is 29.4 Å². The number of halogens is 1. The van der Waals surface area contributed by atoms with Gasteiger partial charge in [0.1, 0.15) is 5.75 Å². The molecular formula is C16H19ClN2O4. The van der Waals surface area contributed by atoms with Gasteiger partial charge in [-0.1, -0.05) is 18.0 Å².